The Kier molecular flexibility index (Phi) is 6.20. The highest BCUT2D eigenvalue weighted by Crippen LogP contribution is 2.36. The molecule has 1 aliphatic carbocycles. The van der Waals surface area contributed by atoms with Gasteiger partial charge in [-0.3, -0.25) is 9.78 Å². The molecule has 5 rings (SSSR count). The third-order valence-electron chi connectivity index (χ3n) is 6.40. The van der Waals surface area contributed by atoms with Crippen LogP contribution in [-0.4, -0.2) is 25.2 Å². The number of pyridine rings is 1. The van der Waals surface area contributed by atoms with Gasteiger partial charge < -0.3 is 19.7 Å². The number of nitrogens with zero attached hydrogens (tertiary/aromatic N) is 1. The molecule has 1 aliphatic rings. The number of hydrogen-bond donors (Lipinski definition) is 2. The van der Waals surface area contributed by atoms with E-state index in [1.165, 1.54) is 18.2 Å². The molecule has 190 valence electrons. The van der Waals surface area contributed by atoms with Crippen molar-refractivity contribution in [2.75, 3.05) is 5.32 Å². The number of amides is 2. The Labute approximate surface area is 213 Å². The molecule has 2 heterocycles. The van der Waals surface area contributed by atoms with Gasteiger partial charge in [0.2, 0.25) is 5.78 Å². The molecular formula is C27H25N3O6S. The standard InChI is InChI=1S/C27H25N3O6S/c1-15-7-11-21(16(2)29-15)25(31)26-24(30-27(28)32)22-12-9-19(14-23(22)35-26)36-37(33,34)20-10-8-17-5-3-4-6-18(17)13-20/h7-14H,3-6H2,1-2H3,(H3,28,30,32). The van der Waals surface area contributed by atoms with Crippen molar-refractivity contribution in [2.24, 2.45) is 5.73 Å². The number of carbonyl (C=O) groups excluding carboxylic acids is 2. The predicted molar refractivity (Wildman–Crippen MR) is 137 cm³/mol. The average molecular weight is 520 g/mol. The van der Waals surface area contributed by atoms with E-state index in [9.17, 15) is 18.0 Å². The Morgan fingerprint density at radius 2 is 1.76 bits per heavy atom. The fourth-order valence-corrected chi connectivity index (χ4v) is 5.60. The van der Waals surface area contributed by atoms with Gasteiger partial charge in [0.1, 0.15) is 21.9 Å². The van der Waals surface area contributed by atoms with Crippen molar-refractivity contribution in [3.8, 4) is 5.75 Å². The maximum atomic E-state index is 13.3. The van der Waals surface area contributed by atoms with Gasteiger partial charge in [-0.25, -0.2) is 4.79 Å². The van der Waals surface area contributed by atoms with Crippen molar-refractivity contribution in [3.05, 3.63) is 82.4 Å². The van der Waals surface area contributed by atoms with Crippen LogP contribution in [0.4, 0.5) is 10.5 Å². The maximum absolute atomic E-state index is 13.3. The topological polar surface area (TPSA) is 142 Å². The zero-order chi connectivity index (χ0) is 26.3. The zero-order valence-electron chi connectivity index (χ0n) is 20.3. The molecule has 2 aromatic heterocycles. The molecule has 4 aromatic rings. The number of carbonyl (C=O) groups is 2. The summed E-state index contributed by atoms with van der Waals surface area (Å²) in [4.78, 5) is 29.4. The zero-order valence-corrected chi connectivity index (χ0v) is 21.1. The summed E-state index contributed by atoms with van der Waals surface area (Å²) in [6.45, 7) is 3.50. The van der Waals surface area contributed by atoms with E-state index >= 15 is 0 Å². The van der Waals surface area contributed by atoms with E-state index in [1.807, 2.05) is 13.0 Å². The normalized spacial score (nSPS) is 13.2. The van der Waals surface area contributed by atoms with Gasteiger partial charge in [0, 0.05) is 28.4 Å². The Morgan fingerprint density at radius 1 is 1.00 bits per heavy atom. The number of furan rings is 1. The van der Waals surface area contributed by atoms with Gasteiger partial charge in [-0.1, -0.05) is 6.07 Å². The van der Waals surface area contributed by atoms with Crippen LogP contribution in [0.3, 0.4) is 0 Å². The number of nitrogens with one attached hydrogen (secondary N) is 1. The van der Waals surface area contributed by atoms with E-state index in [1.54, 1.807) is 31.2 Å². The number of hydrogen-bond acceptors (Lipinski definition) is 7. The lowest BCUT2D eigenvalue weighted by atomic mass is 9.92. The summed E-state index contributed by atoms with van der Waals surface area (Å²) in [5.41, 5.74) is 9.28. The summed E-state index contributed by atoms with van der Waals surface area (Å²) >= 11 is 0. The van der Waals surface area contributed by atoms with Crippen LogP contribution in [0.25, 0.3) is 11.0 Å². The van der Waals surface area contributed by atoms with E-state index in [-0.39, 0.29) is 27.7 Å². The minimum Gasteiger partial charge on any atom is -0.450 e. The Morgan fingerprint density at radius 3 is 2.49 bits per heavy atom. The molecule has 0 saturated heterocycles. The number of anilines is 1. The molecule has 0 atom stereocenters. The molecule has 0 fully saturated rings. The second kappa shape index (κ2) is 9.36. The number of ketones is 1. The molecule has 2 amide bonds. The van der Waals surface area contributed by atoms with Crippen LogP contribution in [-0.2, 0) is 23.0 Å². The number of nitrogens with two attached hydrogens (primary N) is 1. The molecule has 0 spiro atoms. The number of primary amides is 1. The Balaban J connectivity index is 1.52. The van der Waals surface area contributed by atoms with Gasteiger partial charge in [0.15, 0.2) is 5.76 Å². The van der Waals surface area contributed by atoms with Crippen LogP contribution < -0.4 is 15.2 Å². The van der Waals surface area contributed by atoms with Crippen molar-refractivity contribution >= 4 is 38.6 Å². The molecule has 0 unspecified atom stereocenters. The molecular weight excluding hydrogens is 494 g/mol. The number of aryl methyl sites for hydroxylation is 4. The van der Waals surface area contributed by atoms with Crippen molar-refractivity contribution < 1.29 is 26.6 Å². The van der Waals surface area contributed by atoms with Crippen LogP contribution in [0.15, 0.2) is 57.8 Å². The van der Waals surface area contributed by atoms with Crippen LogP contribution in [0.2, 0.25) is 0 Å². The van der Waals surface area contributed by atoms with E-state index in [0.717, 1.165) is 42.5 Å². The molecule has 0 saturated carbocycles. The fourth-order valence-electron chi connectivity index (χ4n) is 4.62. The SMILES string of the molecule is Cc1ccc(C(=O)c2oc3cc(OS(=O)(=O)c4ccc5c(c4)CCCC5)ccc3c2NC(N)=O)c(C)n1. The van der Waals surface area contributed by atoms with Crippen molar-refractivity contribution in [1.82, 2.24) is 4.98 Å². The van der Waals surface area contributed by atoms with Crippen molar-refractivity contribution in [1.29, 1.82) is 0 Å². The summed E-state index contributed by atoms with van der Waals surface area (Å²) in [7, 11) is -4.11. The van der Waals surface area contributed by atoms with Crippen LogP contribution in [0.5, 0.6) is 5.75 Å². The summed E-state index contributed by atoms with van der Waals surface area (Å²) in [6, 6.07) is 11.8. The molecule has 0 radical (unpaired) electrons. The summed E-state index contributed by atoms with van der Waals surface area (Å²) in [6.07, 6.45) is 3.88. The van der Waals surface area contributed by atoms with Crippen molar-refractivity contribution in [3.63, 3.8) is 0 Å². The number of benzene rings is 2. The second-order valence-corrected chi connectivity index (χ2v) is 10.6. The smallest absolute Gasteiger partial charge is 0.339 e. The first-order chi connectivity index (χ1) is 17.6. The van der Waals surface area contributed by atoms with E-state index in [4.69, 9.17) is 14.3 Å². The number of fused-ring (bicyclic) bond motifs is 2. The van der Waals surface area contributed by atoms with Crippen LogP contribution >= 0.6 is 0 Å². The third kappa shape index (κ3) is 4.79. The van der Waals surface area contributed by atoms with Gasteiger partial charge in [0.05, 0.1) is 0 Å². The number of urea groups is 1. The quantitative estimate of drug-likeness (QED) is 0.275. The summed E-state index contributed by atoms with van der Waals surface area (Å²) in [5.74, 6) is -0.664. The third-order valence-corrected chi connectivity index (χ3v) is 7.64. The minimum absolute atomic E-state index is 0.00298. The number of rotatable bonds is 6. The average Bonchev–Trinajstić information content (AvgIpc) is 3.20. The molecule has 0 aliphatic heterocycles. The van der Waals surface area contributed by atoms with E-state index in [0.29, 0.717) is 16.6 Å². The first-order valence-electron chi connectivity index (χ1n) is 11.8. The van der Waals surface area contributed by atoms with Gasteiger partial charge in [-0.15, -0.1) is 0 Å². The molecule has 3 N–H and O–H groups in total. The highest BCUT2D eigenvalue weighted by Gasteiger charge is 2.26. The van der Waals surface area contributed by atoms with E-state index in [2.05, 4.69) is 10.3 Å². The maximum Gasteiger partial charge on any atom is 0.339 e. The van der Waals surface area contributed by atoms with Gasteiger partial charge >= 0.3 is 16.1 Å². The molecule has 9 nitrogen and oxygen atoms in total. The lowest BCUT2D eigenvalue weighted by molar-refractivity contribution is 0.101. The van der Waals surface area contributed by atoms with Gasteiger partial charge in [0.25, 0.3) is 0 Å². The van der Waals surface area contributed by atoms with Gasteiger partial charge in [-0.2, -0.15) is 8.42 Å². The Bertz CT molecular complexity index is 1670. The molecule has 0 bridgehead atoms. The van der Waals surface area contributed by atoms with Crippen molar-refractivity contribution in [2.45, 2.75) is 44.4 Å². The van der Waals surface area contributed by atoms with Crippen LogP contribution in [0, 0.1) is 13.8 Å². The molecule has 10 heteroatoms. The fraction of sp³-hybridized carbons (Fsp3) is 0.222. The monoisotopic (exact) mass is 519 g/mol. The summed E-state index contributed by atoms with van der Waals surface area (Å²) in [5, 5.41) is 2.80. The molecule has 37 heavy (non-hydrogen) atoms. The van der Waals surface area contributed by atoms with Crippen LogP contribution in [0.1, 0.15) is 51.5 Å². The second-order valence-electron chi connectivity index (χ2n) is 9.04. The highest BCUT2D eigenvalue weighted by molar-refractivity contribution is 7.87. The minimum atomic E-state index is -4.11. The first-order valence-corrected chi connectivity index (χ1v) is 13.2. The summed E-state index contributed by atoms with van der Waals surface area (Å²) < 4.78 is 37.2. The van der Waals surface area contributed by atoms with E-state index < -0.39 is 21.9 Å². The molecule has 2 aromatic carbocycles. The lowest BCUT2D eigenvalue weighted by Crippen LogP contribution is -2.20. The largest absolute Gasteiger partial charge is 0.450 e. The lowest BCUT2D eigenvalue weighted by Gasteiger charge is -2.16. The predicted octanol–water partition coefficient (Wildman–Crippen LogP) is 4.81. The Hall–Kier alpha value is -4.18. The number of aromatic nitrogens is 1. The first kappa shape index (κ1) is 24.5. The van der Waals surface area contributed by atoms with Gasteiger partial charge in [-0.05, 0) is 87.1 Å². The highest BCUT2D eigenvalue weighted by atomic mass is 32.2.